The van der Waals surface area contributed by atoms with Crippen LogP contribution in [0.4, 0.5) is 14.5 Å². The average molecular weight is 354 g/mol. The number of hydrogen-bond acceptors (Lipinski definition) is 4. The minimum atomic E-state index is -0.921. The minimum absolute atomic E-state index is 0.167. The molecule has 1 fully saturated rings. The van der Waals surface area contributed by atoms with E-state index in [0.717, 1.165) is 12.1 Å². The van der Waals surface area contributed by atoms with Gasteiger partial charge < -0.3 is 21.7 Å². The fourth-order valence-corrected chi connectivity index (χ4v) is 2.73. The zero-order valence-corrected chi connectivity index (χ0v) is 14.6. The summed E-state index contributed by atoms with van der Waals surface area (Å²) in [4.78, 5) is 26.5. The number of likely N-dealkylation sites (tertiary alicyclic amines) is 1. The molecule has 0 bridgehead atoms. The number of rotatable bonds is 3. The Labute approximate surface area is 145 Å². The average Bonchev–Trinajstić information content (AvgIpc) is 2.90. The Morgan fingerprint density at radius 2 is 1.84 bits per heavy atom. The lowest BCUT2D eigenvalue weighted by Crippen LogP contribution is -2.54. The summed E-state index contributed by atoms with van der Waals surface area (Å²) in [5.41, 5.74) is 10.9. The van der Waals surface area contributed by atoms with Crippen molar-refractivity contribution in [3.8, 4) is 0 Å². The van der Waals surface area contributed by atoms with Crippen molar-refractivity contribution in [2.24, 2.45) is 16.9 Å². The summed E-state index contributed by atoms with van der Waals surface area (Å²) in [6.45, 7) is 5.61. The smallest absolute Gasteiger partial charge is 0.247 e. The van der Waals surface area contributed by atoms with Crippen LogP contribution in [0.25, 0.3) is 0 Å². The van der Waals surface area contributed by atoms with Gasteiger partial charge in [-0.3, -0.25) is 9.59 Å². The molecule has 1 aliphatic rings. The highest BCUT2D eigenvalue weighted by Gasteiger charge is 2.42. The van der Waals surface area contributed by atoms with E-state index >= 15 is 0 Å². The number of amides is 2. The molecule has 1 aromatic rings. The molecule has 0 radical (unpaired) electrons. The number of anilines is 1. The maximum atomic E-state index is 13.7. The molecule has 138 valence electrons. The molecule has 25 heavy (non-hydrogen) atoms. The molecule has 1 aliphatic heterocycles. The molecule has 2 rings (SSSR count). The van der Waals surface area contributed by atoms with E-state index in [2.05, 4.69) is 5.32 Å². The van der Waals surface area contributed by atoms with Crippen molar-refractivity contribution in [3.63, 3.8) is 0 Å². The van der Waals surface area contributed by atoms with E-state index in [9.17, 15) is 18.4 Å². The molecular formula is C17H24F2N4O2. The third-order valence-electron chi connectivity index (χ3n) is 4.33. The predicted molar refractivity (Wildman–Crippen MR) is 90.5 cm³/mol. The summed E-state index contributed by atoms with van der Waals surface area (Å²) in [7, 11) is 0. The van der Waals surface area contributed by atoms with Crippen LogP contribution in [0.2, 0.25) is 0 Å². The molecule has 0 aromatic heterocycles. The number of carbonyl (C=O) groups is 2. The first-order valence-corrected chi connectivity index (χ1v) is 8.09. The van der Waals surface area contributed by atoms with Crippen molar-refractivity contribution < 1.29 is 18.4 Å². The van der Waals surface area contributed by atoms with Gasteiger partial charge in [0.2, 0.25) is 11.8 Å². The molecule has 0 aliphatic carbocycles. The van der Waals surface area contributed by atoms with E-state index in [4.69, 9.17) is 11.5 Å². The van der Waals surface area contributed by atoms with E-state index in [-0.39, 0.29) is 13.0 Å². The van der Waals surface area contributed by atoms with Crippen LogP contribution < -0.4 is 16.8 Å². The van der Waals surface area contributed by atoms with E-state index < -0.39 is 52.7 Å². The fourth-order valence-electron chi connectivity index (χ4n) is 2.73. The Morgan fingerprint density at radius 1 is 1.28 bits per heavy atom. The number of nitrogens with one attached hydrogen (secondary N) is 1. The summed E-state index contributed by atoms with van der Waals surface area (Å²) >= 11 is 0. The van der Waals surface area contributed by atoms with Crippen LogP contribution >= 0.6 is 0 Å². The maximum absolute atomic E-state index is 13.7. The third-order valence-corrected chi connectivity index (χ3v) is 4.33. The third kappa shape index (κ3) is 4.13. The minimum Gasteiger partial charge on any atom is -0.328 e. The van der Waals surface area contributed by atoms with Crippen LogP contribution in [-0.2, 0) is 9.59 Å². The number of nitrogens with zero attached hydrogens (tertiary/aromatic N) is 1. The van der Waals surface area contributed by atoms with Crippen LogP contribution in [-0.4, -0.2) is 41.4 Å². The number of halogens is 2. The van der Waals surface area contributed by atoms with Gasteiger partial charge in [-0.15, -0.1) is 0 Å². The van der Waals surface area contributed by atoms with Crippen LogP contribution in [0.5, 0.6) is 0 Å². The zero-order chi connectivity index (χ0) is 18.9. The van der Waals surface area contributed by atoms with Crippen LogP contribution in [0, 0.1) is 17.0 Å². The topological polar surface area (TPSA) is 101 Å². The van der Waals surface area contributed by atoms with Gasteiger partial charge in [-0.1, -0.05) is 26.8 Å². The van der Waals surface area contributed by atoms with E-state index in [0.29, 0.717) is 0 Å². The first kappa shape index (κ1) is 19.3. The first-order chi connectivity index (χ1) is 11.5. The van der Waals surface area contributed by atoms with Crippen LogP contribution in [0.1, 0.15) is 27.2 Å². The lowest BCUT2D eigenvalue weighted by Gasteiger charge is -2.32. The van der Waals surface area contributed by atoms with Gasteiger partial charge in [0, 0.05) is 12.6 Å². The Balaban J connectivity index is 2.21. The number of carbonyl (C=O) groups excluding carboxylic acids is 2. The molecule has 0 unspecified atom stereocenters. The molecule has 0 spiro atoms. The molecule has 1 heterocycles. The largest absolute Gasteiger partial charge is 0.328 e. The van der Waals surface area contributed by atoms with E-state index in [1.807, 2.05) is 20.8 Å². The van der Waals surface area contributed by atoms with Gasteiger partial charge in [-0.25, -0.2) is 8.78 Å². The second-order valence-corrected chi connectivity index (χ2v) is 7.43. The van der Waals surface area contributed by atoms with Gasteiger partial charge in [0.25, 0.3) is 0 Å². The molecular weight excluding hydrogens is 330 g/mol. The number of benzene rings is 1. The highest BCUT2D eigenvalue weighted by atomic mass is 19.1. The SMILES string of the molecule is CC(C)(C)[C@H](N)C(=O)N1C[C@@H](N)C[C@H]1C(=O)Nc1c(F)cccc1F. The van der Waals surface area contributed by atoms with Gasteiger partial charge in [-0.05, 0) is 24.0 Å². The Morgan fingerprint density at radius 3 is 2.36 bits per heavy atom. The maximum Gasteiger partial charge on any atom is 0.247 e. The highest BCUT2D eigenvalue weighted by Crippen LogP contribution is 2.26. The molecule has 3 atom stereocenters. The standard InChI is InChI=1S/C17H24F2N4O2/c1-17(2,3)14(21)16(25)23-8-9(20)7-12(23)15(24)22-13-10(18)5-4-6-11(13)19/h4-6,9,12,14H,7-8,20-21H2,1-3H3,(H,22,24)/t9-,12-,14+/m0/s1. The second kappa shape index (κ2) is 7.05. The molecule has 8 heteroatoms. The van der Waals surface area contributed by atoms with Gasteiger partial charge in [0.1, 0.15) is 23.4 Å². The molecule has 6 nitrogen and oxygen atoms in total. The van der Waals surface area contributed by atoms with Gasteiger partial charge in [-0.2, -0.15) is 0 Å². The summed E-state index contributed by atoms with van der Waals surface area (Å²) in [5.74, 6) is -2.87. The fraction of sp³-hybridized carbons (Fsp3) is 0.529. The van der Waals surface area contributed by atoms with Crippen molar-refractivity contribution >= 4 is 17.5 Å². The lowest BCUT2D eigenvalue weighted by atomic mass is 9.86. The van der Waals surface area contributed by atoms with Crippen LogP contribution in [0.3, 0.4) is 0 Å². The number of hydrogen-bond donors (Lipinski definition) is 3. The van der Waals surface area contributed by atoms with E-state index in [1.165, 1.54) is 11.0 Å². The quantitative estimate of drug-likeness (QED) is 0.759. The molecule has 5 N–H and O–H groups in total. The summed E-state index contributed by atoms with van der Waals surface area (Å²) in [6, 6.07) is 1.13. The molecule has 2 amide bonds. The normalized spacial score (nSPS) is 22.0. The van der Waals surface area contributed by atoms with Crippen LogP contribution in [0.15, 0.2) is 18.2 Å². The van der Waals surface area contributed by atoms with Crippen molar-refractivity contribution in [2.45, 2.75) is 45.3 Å². The zero-order valence-electron chi connectivity index (χ0n) is 14.6. The van der Waals surface area contributed by atoms with Crippen molar-refractivity contribution in [2.75, 3.05) is 11.9 Å². The van der Waals surface area contributed by atoms with Crippen molar-refractivity contribution in [1.82, 2.24) is 4.90 Å². The lowest BCUT2D eigenvalue weighted by molar-refractivity contribution is -0.139. The predicted octanol–water partition coefficient (Wildman–Crippen LogP) is 1.20. The summed E-state index contributed by atoms with van der Waals surface area (Å²) in [5, 5.41) is 2.22. The van der Waals surface area contributed by atoms with Gasteiger partial charge >= 0.3 is 0 Å². The molecule has 0 saturated carbocycles. The first-order valence-electron chi connectivity index (χ1n) is 8.09. The van der Waals surface area contributed by atoms with Crippen molar-refractivity contribution in [1.29, 1.82) is 0 Å². The molecule has 1 aromatic carbocycles. The number of para-hydroxylation sites is 1. The van der Waals surface area contributed by atoms with Gasteiger partial charge in [0.05, 0.1) is 6.04 Å². The Bertz CT molecular complexity index is 655. The van der Waals surface area contributed by atoms with Gasteiger partial charge in [0.15, 0.2) is 0 Å². The highest BCUT2D eigenvalue weighted by molar-refractivity contribution is 5.98. The summed E-state index contributed by atoms with van der Waals surface area (Å²) < 4.78 is 27.5. The summed E-state index contributed by atoms with van der Waals surface area (Å²) in [6.07, 6.45) is 0.199. The monoisotopic (exact) mass is 354 g/mol. The molecule has 1 saturated heterocycles. The van der Waals surface area contributed by atoms with Crippen molar-refractivity contribution in [3.05, 3.63) is 29.8 Å². The second-order valence-electron chi connectivity index (χ2n) is 7.43. The Hall–Kier alpha value is -2.06. The number of nitrogens with two attached hydrogens (primary N) is 2. The van der Waals surface area contributed by atoms with E-state index in [1.54, 1.807) is 0 Å². The Kier molecular flexibility index (Phi) is 5.43.